The Balaban J connectivity index is 0.000000238. The Bertz CT molecular complexity index is 3390. The third-order valence-corrected chi connectivity index (χ3v) is 14.4. The molecule has 0 radical (unpaired) electrons. The van der Waals surface area contributed by atoms with Gasteiger partial charge < -0.3 is 55.8 Å². The van der Waals surface area contributed by atoms with E-state index in [1.54, 1.807) is 0 Å². The molecule has 0 aliphatic heterocycles. The van der Waals surface area contributed by atoms with Crippen molar-refractivity contribution in [2.24, 2.45) is 11.5 Å². The minimum Gasteiger partial charge on any atom is -0.467 e. The summed E-state index contributed by atoms with van der Waals surface area (Å²) in [6, 6.07) is 39.8. The van der Waals surface area contributed by atoms with E-state index in [2.05, 4.69) is 20.7 Å². The summed E-state index contributed by atoms with van der Waals surface area (Å²) in [5.74, 6) is -3.52. The SMILES string of the molecule is COC[C@H](N)C(=O)N[C@@H](Cc1ccc2ccccc2c1)C(=O)OC.COC[C@H](N)C(=O)N[C@@H](Cc1ccc2ccccc2c1)C(=O)OC.COC[C@H](NS(=O)(=O)c1ccccc1[N+](=O)[O-])C(=O)N[C@@H](Cc1ccc2ccccc2c1)C(=O)OC. The van der Waals surface area contributed by atoms with E-state index < -0.39 is 104 Å². The number of sulfonamides is 1. The topological polar surface area (TPSA) is 335 Å². The first-order chi connectivity index (χ1) is 40.2. The molecule has 0 fully saturated rings. The van der Waals surface area contributed by atoms with Crippen molar-refractivity contribution >= 4 is 83.7 Å². The molecule has 0 bridgehead atoms. The highest BCUT2D eigenvalue weighted by molar-refractivity contribution is 7.89. The zero-order valence-electron chi connectivity index (χ0n) is 47.2. The molecule has 6 atom stereocenters. The van der Waals surface area contributed by atoms with Gasteiger partial charge in [0.1, 0.15) is 36.3 Å². The highest BCUT2D eigenvalue weighted by Gasteiger charge is 2.33. The maximum Gasteiger partial charge on any atom is 0.328 e. The van der Waals surface area contributed by atoms with Crippen molar-refractivity contribution in [3.05, 3.63) is 178 Å². The summed E-state index contributed by atoms with van der Waals surface area (Å²) in [7, 11) is 3.43. The molecule has 446 valence electrons. The number of nitrogens with zero attached hydrogens (tertiary/aromatic N) is 1. The fraction of sp³-hybridized carbons (Fsp3) is 0.300. The second kappa shape index (κ2) is 32.8. The zero-order chi connectivity index (χ0) is 61.3. The molecule has 0 unspecified atom stereocenters. The molecule has 7 rings (SSSR count). The molecule has 24 heteroatoms. The molecule has 3 amide bonds. The van der Waals surface area contributed by atoms with Crippen LogP contribution in [0.15, 0.2) is 157 Å². The average molecular weight is 1180 g/mol. The van der Waals surface area contributed by atoms with Crippen LogP contribution in [0.4, 0.5) is 5.69 Å². The third-order valence-electron chi connectivity index (χ3n) is 12.8. The molecule has 0 saturated heterocycles. The number of benzene rings is 7. The molecular formula is C60H69N7O16S. The third kappa shape index (κ3) is 19.4. The lowest BCUT2D eigenvalue weighted by Gasteiger charge is -2.22. The molecule has 84 heavy (non-hydrogen) atoms. The fourth-order valence-electron chi connectivity index (χ4n) is 8.57. The first kappa shape index (κ1) is 66.1. The number of ether oxygens (including phenoxy) is 6. The zero-order valence-corrected chi connectivity index (χ0v) is 48.0. The van der Waals surface area contributed by atoms with Gasteiger partial charge >= 0.3 is 17.9 Å². The number of hydrogen-bond donors (Lipinski definition) is 6. The molecule has 0 spiro atoms. The number of nitro benzene ring substituents is 1. The second-order valence-corrected chi connectivity index (χ2v) is 20.6. The Labute approximate surface area is 485 Å². The van der Waals surface area contributed by atoms with Gasteiger partial charge in [0, 0.05) is 46.7 Å². The largest absolute Gasteiger partial charge is 0.467 e. The van der Waals surface area contributed by atoms with Gasteiger partial charge in [-0.25, -0.2) is 22.8 Å². The number of fused-ring (bicyclic) bond motifs is 3. The summed E-state index contributed by atoms with van der Waals surface area (Å²) in [4.78, 5) is 83.4. The Morgan fingerprint density at radius 2 is 0.774 bits per heavy atom. The first-order valence-electron chi connectivity index (χ1n) is 26.1. The molecule has 0 heterocycles. The van der Waals surface area contributed by atoms with E-state index in [1.807, 2.05) is 127 Å². The maximum absolute atomic E-state index is 13.0. The van der Waals surface area contributed by atoms with Crippen molar-refractivity contribution < 1.29 is 70.5 Å². The number of hydrogen-bond acceptors (Lipinski definition) is 18. The van der Waals surface area contributed by atoms with Gasteiger partial charge in [-0.15, -0.1) is 0 Å². The van der Waals surface area contributed by atoms with Gasteiger partial charge in [0.2, 0.25) is 27.7 Å². The number of nitro groups is 1. The predicted molar refractivity (Wildman–Crippen MR) is 314 cm³/mol. The lowest BCUT2D eigenvalue weighted by atomic mass is 10.0. The molecule has 23 nitrogen and oxygen atoms in total. The van der Waals surface area contributed by atoms with Gasteiger partial charge in [0.15, 0.2) is 4.90 Å². The summed E-state index contributed by atoms with van der Waals surface area (Å²) in [6.45, 7) is -0.235. The van der Waals surface area contributed by atoms with E-state index in [9.17, 15) is 47.3 Å². The van der Waals surface area contributed by atoms with E-state index in [4.69, 9.17) is 39.9 Å². The van der Waals surface area contributed by atoms with Crippen LogP contribution in [0.25, 0.3) is 32.3 Å². The molecule has 7 aromatic carbocycles. The number of esters is 3. The summed E-state index contributed by atoms with van der Waals surface area (Å²) >= 11 is 0. The highest BCUT2D eigenvalue weighted by atomic mass is 32.2. The van der Waals surface area contributed by atoms with Crippen LogP contribution in [0.5, 0.6) is 0 Å². The van der Waals surface area contributed by atoms with E-state index in [-0.39, 0.29) is 19.6 Å². The standard InChI is InChI=1S/C24H25N3O8S.2C18H22N2O4/c1-34-15-20(26-36(32,33)22-10-6-5-9-21(22)27(30)31)23(28)25-19(24(29)35-2)14-16-11-12-17-7-3-4-8-18(17)13-16;2*1-23-11-15(19)17(21)20-16(18(22)24-2)10-12-7-8-13-5-3-4-6-14(13)9-12/h3-13,19-20,26H,14-15H2,1-2H3,(H,25,28);2*3-9,15-16H,10-11,19H2,1-2H3,(H,20,21)/t19-,20-;2*15-,16-/m000/s1. The van der Waals surface area contributed by atoms with E-state index >= 15 is 0 Å². The van der Waals surface area contributed by atoms with Crippen LogP contribution in [0, 0.1) is 10.1 Å². The average Bonchev–Trinajstić information content (AvgIpc) is 3.23. The second-order valence-electron chi connectivity index (χ2n) is 18.9. The lowest BCUT2D eigenvalue weighted by molar-refractivity contribution is -0.387. The Morgan fingerprint density at radius 3 is 1.11 bits per heavy atom. The van der Waals surface area contributed by atoms with Crippen LogP contribution in [-0.4, -0.2) is 148 Å². The maximum atomic E-state index is 13.0. The Morgan fingerprint density at radius 1 is 0.452 bits per heavy atom. The van der Waals surface area contributed by atoms with Gasteiger partial charge in [0.05, 0.1) is 46.1 Å². The van der Waals surface area contributed by atoms with Gasteiger partial charge in [-0.3, -0.25) is 24.5 Å². The summed E-state index contributed by atoms with van der Waals surface area (Å²) < 4.78 is 57.0. The monoisotopic (exact) mass is 1180 g/mol. The van der Waals surface area contributed by atoms with Crippen LogP contribution in [0.2, 0.25) is 0 Å². The van der Waals surface area contributed by atoms with E-state index in [1.165, 1.54) is 54.8 Å². The van der Waals surface area contributed by atoms with Crippen molar-refractivity contribution in [3.63, 3.8) is 0 Å². The van der Waals surface area contributed by atoms with Crippen LogP contribution >= 0.6 is 0 Å². The molecule has 0 aliphatic rings. The Hall–Kier alpha value is -8.75. The van der Waals surface area contributed by atoms with Crippen LogP contribution < -0.4 is 32.1 Å². The van der Waals surface area contributed by atoms with Gasteiger partial charge in [-0.1, -0.05) is 140 Å². The summed E-state index contributed by atoms with van der Waals surface area (Å²) in [5, 5.41) is 25.4. The van der Waals surface area contributed by atoms with E-state index in [0.717, 1.165) is 61.1 Å². The number of carbonyl (C=O) groups excluding carboxylic acids is 6. The van der Waals surface area contributed by atoms with Crippen molar-refractivity contribution in [2.45, 2.75) is 60.4 Å². The normalized spacial score (nSPS) is 13.2. The van der Waals surface area contributed by atoms with Crippen molar-refractivity contribution in [3.8, 4) is 0 Å². The number of nitrogens with one attached hydrogen (secondary N) is 4. The number of methoxy groups -OCH3 is 6. The molecule has 0 aromatic heterocycles. The lowest BCUT2D eigenvalue weighted by Crippen LogP contribution is -2.54. The fourth-order valence-corrected chi connectivity index (χ4v) is 9.92. The highest BCUT2D eigenvalue weighted by Crippen LogP contribution is 2.24. The number of para-hydroxylation sites is 1. The van der Waals surface area contributed by atoms with Crippen molar-refractivity contribution in [2.75, 3.05) is 62.5 Å². The minimum absolute atomic E-state index is 0.0791. The van der Waals surface area contributed by atoms with Crippen LogP contribution in [-0.2, 0) is 86.5 Å². The molecular weight excluding hydrogens is 1110 g/mol. The molecule has 0 saturated carbocycles. The smallest absolute Gasteiger partial charge is 0.328 e. The quantitative estimate of drug-likeness (QED) is 0.0204. The molecule has 8 N–H and O–H groups in total. The Kier molecular flexibility index (Phi) is 25.8. The molecule has 7 aromatic rings. The molecule has 0 aliphatic carbocycles. The van der Waals surface area contributed by atoms with E-state index in [0.29, 0.717) is 12.8 Å². The van der Waals surface area contributed by atoms with Crippen molar-refractivity contribution in [1.29, 1.82) is 0 Å². The predicted octanol–water partition coefficient (Wildman–Crippen LogP) is 3.97. The van der Waals surface area contributed by atoms with Crippen LogP contribution in [0.3, 0.4) is 0 Å². The van der Waals surface area contributed by atoms with Gasteiger partial charge in [-0.05, 0) is 55.1 Å². The summed E-state index contributed by atoms with van der Waals surface area (Å²) in [5.41, 5.74) is 13.3. The van der Waals surface area contributed by atoms with Crippen molar-refractivity contribution in [1.82, 2.24) is 20.7 Å². The van der Waals surface area contributed by atoms with Gasteiger partial charge in [0.25, 0.3) is 5.69 Å². The number of rotatable bonds is 25. The number of carbonyl (C=O) groups is 6. The number of amides is 3. The van der Waals surface area contributed by atoms with Gasteiger partial charge in [-0.2, -0.15) is 4.72 Å². The first-order valence-corrected chi connectivity index (χ1v) is 27.6. The summed E-state index contributed by atoms with van der Waals surface area (Å²) in [6.07, 6.45) is 0.728. The number of nitrogens with two attached hydrogens (primary N) is 2. The van der Waals surface area contributed by atoms with Crippen LogP contribution in [0.1, 0.15) is 16.7 Å². The minimum atomic E-state index is -4.50.